The average Bonchev–Trinajstić information content (AvgIpc) is 2.67. The molecule has 0 spiro atoms. The van der Waals surface area contributed by atoms with Gasteiger partial charge in [0.1, 0.15) is 0 Å². The summed E-state index contributed by atoms with van der Waals surface area (Å²) in [6, 6.07) is 7.72. The van der Waals surface area contributed by atoms with Crippen LogP contribution in [0.15, 0.2) is 24.3 Å². The first-order valence-electron chi connectivity index (χ1n) is 5.93. The van der Waals surface area contributed by atoms with E-state index < -0.39 is 10.0 Å². The van der Waals surface area contributed by atoms with Crippen LogP contribution >= 0.6 is 0 Å². The molecule has 4 nitrogen and oxygen atoms in total. The van der Waals surface area contributed by atoms with Gasteiger partial charge in [-0.2, -0.15) is 0 Å². The molecule has 0 radical (unpaired) electrons. The molecule has 5 heteroatoms. The van der Waals surface area contributed by atoms with E-state index in [0.717, 1.165) is 25.2 Å². The zero-order chi connectivity index (χ0) is 12.3. The Hall–Kier alpha value is -1.07. The molecule has 1 aliphatic heterocycles. The molecular weight excluding hydrogens is 236 g/mol. The summed E-state index contributed by atoms with van der Waals surface area (Å²) in [6.45, 7) is 4.42. The van der Waals surface area contributed by atoms with Crippen LogP contribution in [0.2, 0.25) is 0 Å². The van der Waals surface area contributed by atoms with Crippen LogP contribution in [0.5, 0.6) is 0 Å². The van der Waals surface area contributed by atoms with Gasteiger partial charge in [0.15, 0.2) is 0 Å². The van der Waals surface area contributed by atoms with Gasteiger partial charge in [0.25, 0.3) is 0 Å². The second-order valence-electron chi connectivity index (χ2n) is 4.19. The van der Waals surface area contributed by atoms with Crippen LogP contribution < -0.4 is 9.62 Å². The molecule has 0 bridgehead atoms. The summed E-state index contributed by atoms with van der Waals surface area (Å²) in [6.07, 6.45) is 0.724. The molecule has 1 aliphatic rings. The number of benzene rings is 1. The zero-order valence-electron chi connectivity index (χ0n) is 10.0. The quantitative estimate of drug-likeness (QED) is 0.882. The molecule has 0 aromatic heterocycles. The van der Waals surface area contributed by atoms with Crippen molar-refractivity contribution in [2.24, 2.45) is 0 Å². The lowest BCUT2D eigenvalue weighted by Gasteiger charge is -2.17. The molecule has 17 heavy (non-hydrogen) atoms. The average molecular weight is 254 g/mol. The van der Waals surface area contributed by atoms with E-state index in [-0.39, 0.29) is 5.75 Å². The Morgan fingerprint density at radius 2 is 2.00 bits per heavy atom. The van der Waals surface area contributed by atoms with E-state index in [1.807, 2.05) is 24.3 Å². The lowest BCUT2D eigenvalue weighted by atomic mass is 10.2. The summed E-state index contributed by atoms with van der Waals surface area (Å²) >= 11 is 0. The van der Waals surface area contributed by atoms with Gasteiger partial charge < -0.3 is 5.32 Å². The second-order valence-corrected chi connectivity index (χ2v) is 6.20. The Labute approximate surface area is 103 Å². The monoisotopic (exact) mass is 254 g/mol. The number of anilines is 1. The van der Waals surface area contributed by atoms with Crippen molar-refractivity contribution in [2.75, 3.05) is 23.1 Å². The van der Waals surface area contributed by atoms with Gasteiger partial charge in [0.2, 0.25) is 10.0 Å². The van der Waals surface area contributed by atoms with Crippen molar-refractivity contribution < 1.29 is 8.42 Å². The van der Waals surface area contributed by atoms with Crippen LogP contribution in [0.25, 0.3) is 0 Å². The molecule has 0 unspecified atom stereocenters. The van der Waals surface area contributed by atoms with Crippen LogP contribution in [0, 0.1) is 0 Å². The predicted octanol–water partition coefficient (Wildman–Crippen LogP) is 1.34. The standard InChI is InChI=1S/C12H18N2O2S/c1-2-13-10-11-4-6-12(7-5-11)14-8-3-9-17(14,15)16/h4-7,13H,2-3,8-10H2,1H3. The molecule has 94 valence electrons. The summed E-state index contributed by atoms with van der Waals surface area (Å²) in [5.41, 5.74) is 1.95. The zero-order valence-corrected chi connectivity index (χ0v) is 10.8. The lowest BCUT2D eigenvalue weighted by Crippen LogP contribution is -2.25. The number of hydrogen-bond acceptors (Lipinski definition) is 3. The summed E-state index contributed by atoms with van der Waals surface area (Å²) in [4.78, 5) is 0. The van der Waals surface area contributed by atoms with Gasteiger partial charge in [-0.05, 0) is 30.7 Å². The third-order valence-corrected chi connectivity index (χ3v) is 4.77. The highest BCUT2D eigenvalue weighted by Crippen LogP contribution is 2.23. The van der Waals surface area contributed by atoms with Crippen molar-refractivity contribution in [2.45, 2.75) is 19.9 Å². The van der Waals surface area contributed by atoms with E-state index in [2.05, 4.69) is 12.2 Å². The van der Waals surface area contributed by atoms with Crippen molar-refractivity contribution >= 4 is 15.7 Å². The van der Waals surface area contributed by atoms with Crippen LogP contribution in [-0.4, -0.2) is 27.3 Å². The van der Waals surface area contributed by atoms with Gasteiger partial charge in [-0.3, -0.25) is 4.31 Å². The number of hydrogen-bond donors (Lipinski definition) is 1. The fourth-order valence-corrected chi connectivity index (χ4v) is 3.54. The van der Waals surface area contributed by atoms with E-state index in [9.17, 15) is 8.42 Å². The normalized spacial score (nSPS) is 18.5. The van der Waals surface area contributed by atoms with Gasteiger partial charge in [-0.15, -0.1) is 0 Å². The maximum absolute atomic E-state index is 11.7. The molecule has 0 amide bonds. The minimum absolute atomic E-state index is 0.270. The Morgan fingerprint density at radius 1 is 1.29 bits per heavy atom. The van der Waals surface area contributed by atoms with Crippen LogP contribution in [0.3, 0.4) is 0 Å². The molecule has 2 rings (SSSR count). The highest BCUT2D eigenvalue weighted by molar-refractivity contribution is 7.93. The lowest BCUT2D eigenvalue weighted by molar-refractivity contribution is 0.599. The minimum Gasteiger partial charge on any atom is -0.313 e. The fourth-order valence-electron chi connectivity index (χ4n) is 1.98. The predicted molar refractivity (Wildman–Crippen MR) is 69.6 cm³/mol. The van der Waals surface area contributed by atoms with Crippen molar-refractivity contribution in [3.05, 3.63) is 29.8 Å². The van der Waals surface area contributed by atoms with Crippen molar-refractivity contribution in [1.29, 1.82) is 0 Å². The number of sulfonamides is 1. The largest absolute Gasteiger partial charge is 0.313 e. The first-order valence-corrected chi connectivity index (χ1v) is 7.54. The summed E-state index contributed by atoms with van der Waals surface area (Å²) in [5.74, 6) is 0.270. The van der Waals surface area contributed by atoms with E-state index in [0.29, 0.717) is 6.54 Å². The van der Waals surface area contributed by atoms with Crippen molar-refractivity contribution in [3.63, 3.8) is 0 Å². The highest BCUT2D eigenvalue weighted by Gasteiger charge is 2.28. The van der Waals surface area contributed by atoms with E-state index in [1.54, 1.807) is 0 Å². The van der Waals surface area contributed by atoms with E-state index in [1.165, 1.54) is 9.87 Å². The first-order chi connectivity index (χ1) is 8.13. The molecule has 1 saturated heterocycles. The minimum atomic E-state index is -3.05. The Balaban J connectivity index is 2.13. The summed E-state index contributed by atoms with van der Waals surface area (Å²) in [7, 11) is -3.05. The topological polar surface area (TPSA) is 49.4 Å². The van der Waals surface area contributed by atoms with Crippen molar-refractivity contribution in [3.8, 4) is 0 Å². The van der Waals surface area contributed by atoms with Crippen LogP contribution in [0.4, 0.5) is 5.69 Å². The third-order valence-electron chi connectivity index (χ3n) is 2.90. The molecular formula is C12H18N2O2S. The summed E-state index contributed by atoms with van der Waals surface area (Å²) < 4.78 is 25.0. The van der Waals surface area contributed by atoms with Gasteiger partial charge in [0.05, 0.1) is 11.4 Å². The van der Waals surface area contributed by atoms with E-state index in [4.69, 9.17) is 0 Å². The first kappa shape index (κ1) is 12.4. The fraction of sp³-hybridized carbons (Fsp3) is 0.500. The van der Waals surface area contributed by atoms with Gasteiger partial charge >= 0.3 is 0 Å². The van der Waals surface area contributed by atoms with Crippen LogP contribution in [-0.2, 0) is 16.6 Å². The molecule has 1 N–H and O–H groups in total. The number of nitrogens with one attached hydrogen (secondary N) is 1. The molecule has 1 fully saturated rings. The van der Waals surface area contributed by atoms with Gasteiger partial charge in [-0.25, -0.2) is 8.42 Å². The van der Waals surface area contributed by atoms with Crippen molar-refractivity contribution in [1.82, 2.24) is 5.32 Å². The van der Waals surface area contributed by atoms with Crippen LogP contribution in [0.1, 0.15) is 18.9 Å². The Bertz CT molecular complexity index is 468. The molecule has 1 heterocycles. The van der Waals surface area contributed by atoms with E-state index >= 15 is 0 Å². The number of nitrogens with zero attached hydrogens (tertiary/aromatic N) is 1. The third kappa shape index (κ3) is 2.79. The second kappa shape index (κ2) is 5.06. The Morgan fingerprint density at radius 3 is 2.53 bits per heavy atom. The Kier molecular flexibility index (Phi) is 3.69. The number of rotatable bonds is 4. The molecule has 0 atom stereocenters. The smallest absolute Gasteiger partial charge is 0.235 e. The molecule has 1 aromatic carbocycles. The molecule has 0 aliphatic carbocycles. The molecule has 0 saturated carbocycles. The van der Waals surface area contributed by atoms with Gasteiger partial charge in [-0.1, -0.05) is 19.1 Å². The maximum atomic E-state index is 11.7. The maximum Gasteiger partial charge on any atom is 0.235 e. The molecule has 1 aromatic rings. The highest BCUT2D eigenvalue weighted by atomic mass is 32.2. The SMILES string of the molecule is CCNCc1ccc(N2CCCS2(=O)=O)cc1. The summed E-state index contributed by atoms with van der Waals surface area (Å²) in [5, 5.41) is 3.24. The van der Waals surface area contributed by atoms with Gasteiger partial charge in [0, 0.05) is 13.1 Å².